The molecule has 4 N–H and O–H groups in total. The minimum absolute atomic E-state index is 0.584. The summed E-state index contributed by atoms with van der Waals surface area (Å²) in [5.41, 5.74) is -3.66. The highest BCUT2D eigenvalue weighted by Crippen LogP contribution is 2.36. The first kappa shape index (κ1) is 13.5. The summed E-state index contributed by atoms with van der Waals surface area (Å²) in [6, 6.07) is 1.04. The Morgan fingerprint density at radius 1 is 1.58 bits per heavy atom. The highest BCUT2D eigenvalue weighted by molar-refractivity contribution is 5.19. The van der Waals surface area contributed by atoms with Crippen molar-refractivity contribution in [3.8, 4) is 12.3 Å². The van der Waals surface area contributed by atoms with Crippen molar-refractivity contribution in [1.82, 2.24) is 9.55 Å². The van der Waals surface area contributed by atoms with E-state index in [1.165, 1.54) is 0 Å². The standard InChI is InChI=1S/C11H12N2O6/c1-2-11(18)8(16)6(5-14)19-9(11)13-4-3-7(15)12-10(13)17/h1,3-4,6,8-9,14,16,18H,5H2,(H,12,15,17). The highest BCUT2D eigenvalue weighted by Gasteiger charge is 2.55. The predicted octanol–water partition coefficient (Wildman–Crippen LogP) is -2.85. The lowest BCUT2D eigenvalue weighted by molar-refractivity contribution is -0.0764. The van der Waals surface area contributed by atoms with Crippen LogP contribution in [0.25, 0.3) is 0 Å². The largest absolute Gasteiger partial charge is 0.394 e. The average Bonchev–Trinajstić information content (AvgIpc) is 2.63. The van der Waals surface area contributed by atoms with Gasteiger partial charge in [-0.25, -0.2) is 4.79 Å². The summed E-state index contributed by atoms with van der Waals surface area (Å²) in [5, 5.41) is 29.1. The van der Waals surface area contributed by atoms with Crippen LogP contribution in [-0.2, 0) is 4.74 Å². The molecule has 8 nitrogen and oxygen atoms in total. The molecule has 0 amide bonds. The summed E-state index contributed by atoms with van der Waals surface area (Å²) >= 11 is 0. The Morgan fingerprint density at radius 2 is 2.26 bits per heavy atom. The van der Waals surface area contributed by atoms with Crippen LogP contribution in [-0.4, -0.2) is 49.3 Å². The molecule has 0 aliphatic carbocycles. The number of aromatic amines is 1. The molecule has 0 spiro atoms. The molecule has 2 heterocycles. The number of H-pyrrole nitrogens is 1. The molecule has 19 heavy (non-hydrogen) atoms. The van der Waals surface area contributed by atoms with Crippen LogP contribution in [0.5, 0.6) is 0 Å². The van der Waals surface area contributed by atoms with Crippen LogP contribution in [0, 0.1) is 12.3 Å². The lowest BCUT2D eigenvalue weighted by Crippen LogP contribution is -2.48. The van der Waals surface area contributed by atoms with Crippen LogP contribution < -0.4 is 11.2 Å². The second-order valence-electron chi connectivity index (χ2n) is 4.14. The van der Waals surface area contributed by atoms with Crippen molar-refractivity contribution >= 4 is 0 Å². The number of aromatic nitrogens is 2. The molecule has 0 saturated carbocycles. The van der Waals surface area contributed by atoms with Gasteiger partial charge in [-0.15, -0.1) is 6.42 Å². The third kappa shape index (κ3) is 1.98. The topological polar surface area (TPSA) is 125 Å². The van der Waals surface area contributed by atoms with Gasteiger partial charge in [0.25, 0.3) is 5.56 Å². The van der Waals surface area contributed by atoms with Gasteiger partial charge in [-0.1, -0.05) is 5.92 Å². The van der Waals surface area contributed by atoms with Gasteiger partial charge in [-0.2, -0.15) is 0 Å². The summed E-state index contributed by atoms with van der Waals surface area (Å²) in [5.74, 6) is 1.96. The molecule has 1 saturated heterocycles. The third-order valence-corrected chi connectivity index (χ3v) is 3.00. The average molecular weight is 268 g/mol. The molecule has 1 fully saturated rings. The number of nitrogens with zero attached hydrogens (tertiary/aromatic N) is 1. The SMILES string of the molecule is C#CC1(O)C(O)C(CO)OC1n1ccc(=O)[nH]c1=O. The molecule has 102 valence electrons. The summed E-state index contributed by atoms with van der Waals surface area (Å²) in [4.78, 5) is 24.6. The van der Waals surface area contributed by atoms with Crippen molar-refractivity contribution in [1.29, 1.82) is 0 Å². The van der Waals surface area contributed by atoms with Crippen molar-refractivity contribution in [2.75, 3.05) is 6.61 Å². The number of nitrogens with one attached hydrogen (secondary N) is 1. The molecular formula is C11H12N2O6. The number of aliphatic hydroxyl groups excluding tert-OH is 2. The van der Waals surface area contributed by atoms with Gasteiger partial charge in [-0.3, -0.25) is 14.3 Å². The highest BCUT2D eigenvalue weighted by atomic mass is 16.6. The van der Waals surface area contributed by atoms with Gasteiger partial charge in [-0.05, 0) is 0 Å². The number of rotatable bonds is 2. The Balaban J connectivity index is 2.52. The number of ether oxygens (including phenoxy) is 1. The summed E-state index contributed by atoms with van der Waals surface area (Å²) in [6.45, 7) is -0.584. The van der Waals surface area contributed by atoms with E-state index in [-0.39, 0.29) is 0 Å². The van der Waals surface area contributed by atoms with Crippen molar-refractivity contribution in [3.63, 3.8) is 0 Å². The fourth-order valence-corrected chi connectivity index (χ4v) is 1.96. The first-order chi connectivity index (χ1) is 8.93. The minimum Gasteiger partial charge on any atom is -0.394 e. The molecule has 4 atom stereocenters. The van der Waals surface area contributed by atoms with E-state index in [0.29, 0.717) is 0 Å². The van der Waals surface area contributed by atoms with Gasteiger partial charge in [0.05, 0.1) is 6.61 Å². The van der Waals surface area contributed by atoms with Crippen LogP contribution in [0.15, 0.2) is 21.9 Å². The monoisotopic (exact) mass is 268 g/mol. The van der Waals surface area contributed by atoms with Crippen molar-refractivity contribution < 1.29 is 20.1 Å². The van der Waals surface area contributed by atoms with Crippen molar-refractivity contribution in [3.05, 3.63) is 33.1 Å². The quantitative estimate of drug-likeness (QED) is 0.428. The Morgan fingerprint density at radius 3 is 2.79 bits per heavy atom. The Hall–Kier alpha value is -1.92. The Kier molecular flexibility index (Phi) is 3.30. The fourth-order valence-electron chi connectivity index (χ4n) is 1.96. The van der Waals surface area contributed by atoms with E-state index in [1.54, 1.807) is 0 Å². The summed E-state index contributed by atoms with van der Waals surface area (Å²) in [6.07, 6.45) is 2.15. The molecule has 1 aromatic heterocycles. The van der Waals surface area contributed by atoms with E-state index in [2.05, 4.69) is 0 Å². The maximum atomic E-state index is 11.6. The predicted molar refractivity (Wildman–Crippen MR) is 62.1 cm³/mol. The molecule has 0 aromatic carbocycles. The normalized spacial score (nSPS) is 34.1. The second kappa shape index (κ2) is 4.64. The van der Waals surface area contributed by atoms with Gasteiger partial charge >= 0.3 is 5.69 Å². The summed E-state index contributed by atoms with van der Waals surface area (Å²) < 4.78 is 6.03. The maximum absolute atomic E-state index is 11.6. The van der Waals surface area contributed by atoms with Crippen LogP contribution in [0.4, 0.5) is 0 Å². The van der Waals surface area contributed by atoms with Crippen LogP contribution in [0.3, 0.4) is 0 Å². The van der Waals surface area contributed by atoms with Crippen LogP contribution in [0.1, 0.15) is 6.23 Å². The molecule has 1 aromatic rings. The van der Waals surface area contributed by atoms with E-state index < -0.39 is 41.9 Å². The summed E-state index contributed by atoms with van der Waals surface area (Å²) in [7, 11) is 0. The second-order valence-corrected chi connectivity index (χ2v) is 4.14. The van der Waals surface area contributed by atoms with Crippen molar-refractivity contribution in [2.24, 2.45) is 0 Å². The zero-order valence-corrected chi connectivity index (χ0v) is 9.68. The zero-order valence-electron chi connectivity index (χ0n) is 9.68. The molecule has 4 unspecified atom stereocenters. The van der Waals surface area contributed by atoms with E-state index >= 15 is 0 Å². The van der Waals surface area contributed by atoms with E-state index in [4.69, 9.17) is 16.3 Å². The molecule has 0 radical (unpaired) electrons. The van der Waals surface area contributed by atoms with E-state index in [9.17, 15) is 19.8 Å². The van der Waals surface area contributed by atoms with Crippen LogP contribution in [0.2, 0.25) is 0 Å². The number of hydrogen-bond acceptors (Lipinski definition) is 6. The maximum Gasteiger partial charge on any atom is 0.330 e. The van der Waals surface area contributed by atoms with E-state index in [0.717, 1.165) is 16.8 Å². The van der Waals surface area contributed by atoms with Crippen molar-refractivity contribution in [2.45, 2.75) is 24.0 Å². The van der Waals surface area contributed by atoms with Gasteiger partial charge in [0.15, 0.2) is 11.8 Å². The van der Waals surface area contributed by atoms with Crippen LogP contribution >= 0.6 is 0 Å². The molecule has 8 heteroatoms. The molecular weight excluding hydrogens is 256 g/mol. The molecule has 1 aliphatic heterocycles. The minimum atomic E-state index is -2.19. The molecule has 0 bridgehead atoms. The van der Waals surface area contributed by atoms with E-state index in [1.807, 2.05) is 10.9 Å². The van der Waals surface area contributed by atoms with Gasteiger partial charge < -0.3 is 20.1 Å². The Labute approximate surface area is 106 Å². The Bertz CT molecular complexity index is 629. The smallest absolute Gasteiger partial charge is 0.330 e. The first-order valence-electron chi connectivity index (χ1n) is 5.40. The lowest BCUT2D eigenvalue weighted by atomic mass is 9.95. The van der Waals surface area contributed by atoms with Gasteiger partial charge in [0, 0.05) is 12.3 Å². The molecule has 1 aliphatic rings. The lowest BCUT2D eigenvalue weighted by Gasteiger charge is -2.26. The third-order valence-electron chi connectivity index (χ3n) is 3.00. The molecule has 2 rings (SSSR count). The number of hydrogen-bond donors (Lipinski definition) is 4. The first-order valence-corrected chi connectivity index (χ1v) is 5.40. The number of terminal acetylenes is 1. The fraction of sp³-hybridized carbons (Fsp3) is 0.455. The van der Waals surface area contributed by atoms with Gasteiger partial charge in [0.1, 0.15) is 12.2 Å². The number of aliphatic hydroxyl groups is 3. The zero-order chi connectivity index (χ0) is 14.2. The van der Waals surface area contributed by atoms with Gasteiger partial charge in [0.2, 0.25) is 0 Å².